The summed E-state index contributed by atoms with van der Waals surface area (Å²) in [7, 11) is 1.27. The molecule has 3 rings (SSSR count). The number of thioether (sulfide) groups is 1. The summed E-state index contributed by atoms with van der Waals surface area (Å²) < 4.78 is 20.5. The zero-order chi connectivity index (χ0) is 28.5. The van der Waals surface area contributed by atoms with Gasteiger partial charge in [-0.05, 0) is 32.4 Å². The molecule has 2 aliphatic rings. The van der Waals surface area contributed by atoms with Crippen LogP contribution >= 0.6 is 23.1 Å². The van der Waals surface area contributed by atoms with Gasteiger partial charge in [0, 0.05) is 17.7 Å². The normalized spacial score (nSPS) is 19.3. The van der Waals surface area contributed by atoms with Crippen LogP contribution in [0.2, 0.25) is 0 Å². The van der Waals surface area contributed by atoms with Crippen molar-refractivity contribution in [2.45, 2.75) is 32.2 Å². The predicted molar refractivity (Wildman–Crippen MR) is 141 cm³/mol. The number of anilines is 1. The highest BCUT2D eigenvalue weighted by molar-refractivity contribution is 8.00. The third-order valence-corrected chi connectivity index (χ3v) is 7.41. The number of aromatic nitrogens is 1. The van der Waals surface area contributed by atoms with Crippen LogP contribution in [-0.2, 0) is 43.0 Å². The number of nitrogens with zero attached hydrogens (tertiary/aromatic N) is 3. The van der Waals surface area contributed by atoms with Gasteiger partial charge in [0.05, 0.1) is 13.2 Å². The Morgan fingerprint density at radius 1 is 1.31 bits per heavy atom. The summed E-state index contributed by atoms with van der Waals surface area (Å²) in [6.45, 7) is 5.77. The molecule has 2 amide bonds. The summed E-state index contributed by atoms with van der Waals surface area (Å²) in [6.07, 6.45) is 1.27. The molecule has 0 radical (unpaired) electrons. The second kappa shape index (κ2) is 14.1. The van der Waals surface area contributed by atoms with Gasteiger partial charge >= 0.3 is 11.9 Å². The van der Waals surface area contributed by atoms with Crippen molar-refractivity contribution in [1.29, 1.82) is 0 Å². The molecule has 1 aromatic heterocycles. The third-order valence-electron chi connectivity index (χ3n) is 5.32. The lowest BCUT2D eigenvalue weighted by Crippen LogP contribution is -2.71. The van der Waals surface area contributed by atoms with Gasteiger partial charge in [0.2, 0.25) is 5.76 Å². The molecule has 3 N–H and O–H groups in total. The molecule has 0 bridgehead atoms. The Kier molecular flexibility index (Phi) is 10.8. The molecule has 1 aromatic rings. The molecule has 2 atom stereocenters. The SMILES string of the molecule is C/C=C(\OC(=O)C1=C(C)CS[C@@H]2[C@H](NC(=O)/C(=N\OC)c3csc(N)n3)C(=O)N12)C(=O)OCOCCOCC. The fraction of sp³-hybridized carbons (Fsp3) is 0.478. The molecule has 0 spiro atoms. The highest BCUT2D eigenvalue weighted by Crippen LogP contribution is 2.40. The lowest BCUT2D eigenvalue weighted by atomic mass is 10.0. The highest BCUT2D eigenvalue weighted by atomic mass is 32.2. The molecule has 1 fully saturated rings. The lowest BCUT2D eigenvalue weighted by molar-refractivity contribution is -0.161. The molecule has 1 saturated heterocycles. The summed E-state index contributed by atoms with van der Waals surface area (Å²) in [5, 5.41) is 7.52. The number of allylic oxidation sites excluding steroid dienone is 1. The molecule has 14 nitrogen and oxygen atoms in total. The Morgan fingerprint density at radius 3 is 2.69 bits per heavy atom. The van der Waals surface area contributed by atoms with Crippen LogP contribution in [0.25, 0.3) is 0 Å². The van der Waals surface area contributed by atoms with Crippen LogP contribution in [0.1, 0.15) is 26.5 Å². The van der Waals surface area contributed by atoms with Crippen LogP contribution in [0.5, 0.6) is 0 Å². The van der Waals surface area contributed by atoms with Crippen molar-refractivity contribution >= 4 is 57.7 Å². The Balaban J connectivity index is 1.63. The number of rotatable bonds is 13. The van der Waals surface area contributed by atoms with E-state index in [0.717, 1.165) is 11.3 Å². The lowest BCUT2D eigenvalue weighted by Gasteiger charge is -2.49. The van der Waals surface area contributed by atoms with E-state index in [-0.39, 0.29) is 41.4 Å². The molecular weight excluding hydrogens is 554 g/mol. The van der Waals surface area contributed by atoms with Crippen LogP contribution in [0.15, 0.2) is 33.6 Å². The van der Waals surface area contributed by atoms with Crippen LogP contribution < -0.4 is 11.1 Å². The first kappa shape index (κ1) is 30.1. The first-order chi connectivity index (χ1) is 18.7. The van der Waals surface area contributed by atoms with Gasteiger partial charge in [-0.2, -0.15) is 0 Å². The second-order valence-corrected chi connectivity index (χ2v) is 9.88. The Hall–Kier alpha value is -3.47. The Morgan fingerprint density at radius 2 is 2.05 bits per heavy atom. The maximum absolute atomic E-state index is 13.1. The number of nitrogens with two attached hydrogens (primary N) is 1. The van der Waals surface area contributed by atoms with Crippen molar-refractivity contribution in [3.63, 3.8) is 0 Å². The van der Waals surface area contributed by atoms with Crippen molar-refractivity contribution in [3.05, 3.63) is 34.2 Å². The van der Waals surface area contributed by atoms with Crippen molar-refractivity contribution in [2.75, 3.05) is 45.2 Å². The van der Waals surface area contributed by atoms with Crippen molar-refractivity contribution in [2.24, 2.45) is 5.16 Å². The largest absolute Gasteiger partial charge is 0.433 e. The van der Waals surface area contributed by atoms with Gasteiger partial charge in [0.15, 0.2) is 17.6 Å². The Bertz CT molecular complexity index is 1200. The fourth-order valence-electron chi connectivity index (χ4n) is 3.52. The molecule has 0 aromatic carbocycles. The van der Waals surface area contributed by atoms with E-state index in [1.54, 1.807) is 6.92 Å². The molecule has 39 heavy (non-hydrogen) atoms. The summed E-state index contributed by atoms with van der Waals surface area (Å²) in [5.41, 5.74) is 6.26. The summed E-state index contributed by atoms with van der Waals surface area (Å²) in [4.78, 5) is 61.4. The number of thiazole rings is 1. The van der Waals surface area contributed by atoms with Gasteiger partial charge in [-0.15, -0.1) is 23.1 Å². The van der Waals surface area contributed by atoms with E-state index in [1.165, 1.54) is 42.2 Å². The number of fused-ring (bicyclic) bond motifs is 1. The smallest absolute Gasteiger partial charge is 0.376 e. The van der Waals surface area contributed by atoms with E-state index in [0.29, 0.717) is 24.5 Å². The number of hydrogen-bond acceptors (Lipinski definition) is 14. The number of amides is 2. The zero-order valence-electron chi connectivity index (χ0n) is 21.8. The molecule has 0 unspecified atom stereocenters. The number of nitrogens with one attached hydrogen (secondary N) is 1. The number of esters is 2. The molecular formula is C23H29N5O9S2. The predicted octanol–water partition coefficient (Wildman–Crippen LogP) is 0.751. The molecule has 0 aliphatic carbocycles. The summed E-state index contributed by atoms with van der Waals surface area (Å²) >= 11 is 2.48. The topological polar surface area (TPSA) is 181 Å². The number of ether oxygens (including phenoxy) is 4. The maximum atomic E-state index is 13.1. The van der Waals surface area contributed by atoms with E-state index in [4.69, 9.17) is 29.5 Å². The summed E-state index contributed by atoms with van der Waals surface area (Å²) in [6, 6.07) is -0.948. The van der Waals surface area contributed by atoms with Gasteiger partial charge in [0.1, 0.15) is 29.9 Å². The van der Waals surface area contributed by atoms with E-state index in [1.807, 2.05) is 6.92 Å². The average Bonchev–Trinajstić information content (AvgIpc) is 3.35. The maximum Gasteiger partial charge on any atom is 0.376 e. The van der Waals surface area contributed by atoms with Gasteiger partial charge in [0.25, 0.3) is 11.8 Å². The van der Waals surface area contributed by atoms with Crippen LogP contribution in [0.4, 0.5) is 5.13 Å². The second-order valence-electron chi connectivity index (χ2n) is 7.88. The standard InChI is InChI=1S/C23H29N5O9S2/c1-5-14(21(31)36-11-35-8-7-34-6-2)37-22(32)17-12(3)9-38-20-16(19(30)28(17)20)26-18(29)15(27-33-4)13-10-39-23(24)25-13/h5,10,16,20H,6-9,11H2,1-4H3,(H2,24,25)(H,26,29)/b14-5-,27-15-/t16-,20-/m1/s1. The number of carbonyl (C=O) groups excluding carboxylic acids is 4. The van der Waals surface area contributed by atoms with Gasteiger partial charge in [-0.3, -0.25) is 14.5 Å². The molecule has 0 saturated carbocycles. The zero-order valence-corrected chi connectivity index (χ0v) is 23.4. The minimum atomic E-state index is -0.948. The monoisotopic (exact) mass is 583 g/mol. The van der Waals surface area contributed by atoms with Crippen LogP contribution in [0, 0.1) is 0 Å². The highest BCUT2D eigenvalue weighted by Gasteiger charge is 2.54. The average molecular weight is 584 g/mol. The minimum Gasteiger partial charge on any atom is -0.433 e. The fourth-order valence-corrected chi connectivity index (χ4v) is 5.36. The molecule has 2 aliphatic heterocycles. The van der Waals surface area contributed by atoms with Gasteiger partial charge < -0.3 is 34.8 Å². The first-order valence-corrected chi connectivity index (χ1v) is 13.6. The first-order valence-electron chi connectivity index (χ1n) is 11.7. The number of hydrogen-bond donors (Lipinski definition) is 2. The number of carbonyl (C=O) groups is 4. The van der Waals surface area contributed by atoms with E-state index in [2.05, 4.69) is 15.5 Å². The van der Waals surface area contributed by atoms with Crippen LogP contribution in [-0.4, -0.2) is 90.2 Å². The molecule has 16 heteroatoms. The van der Waals surface area contributed by atoms with Crippen molar-refractivity contribution in [1.82, 2.24) is 15.2 Å². The number of oxime groups is 1. The van der Waals surface area contributed by atoms with E-state index < -0.39 is 35.2 Å². The van der Waals surface area contributed by atoms with E-state index >= 15 is 0 Å². The third kappa shape index (κ3) is 7.14. The minimum absolute atomic E-state index is 0.00702. The van der Waals surface area contributed by atoms with Crippen molar-refractivity contribution in [3.8, 4) is 0 Å². The summed E-state index contributed by atoms with van der Waals surface area (Å²) in [5.74, 6) is -3.01. The van der Waals surface area contributed by atoms with Gasteiger partial charge in [-0.1, -0.05) is 5.16 Å². The Labute approximate surface area is 232 Å². The number of β-lactam (4-membered cyclic amide) rings is 1. The van der Waals surface area contributed by atoms with Crippen LogP contribution in [0.3, 0.4) is 0 Å². The molecule has 3 heterocycles. The molecule has 212 valence electrons. The quantitative estimate of drug-likeness (QED) is 0.0487. The van der Waals surface area contributed by atoms with Gasteiger partial charge in [-0.25, -0.2) is 14.6 Å². The van der Waals surface area contributed by atoms with Crippen molar-refractivity contribution < 1.29 is 43.0 Å². The van der Waals surface area contributed by atoms with E-state index in [9.17, 15) is 19.2 Å². The number of nitrogen functional groups attached to an aromatic ring is 1.